The third-order valence-corrected chi connectivity index (χ3v) is 1.97. The Morgan fingerprint density at radius 3 is 2.92 bits per heavy atom. The van der Waals surface area contributed by atoms with Crippen LogP contribution in [0.15, 0.2) is 6.33 Å². The molecule has 0 amide bonds. The first kappa shape index (κ1) is 9.89. The Kier molecular flexibility index (Phi) is 3.61. The van der Waals surface area contributed by atoms with Crippen LogP contribution in [0.2, 0.25) is 0 Å². The zero-order chi connectivity index (χ0) is 9.68. The highest BCUT2D eigenvalue weighted by Gasteiger charge is 2.06. The van der Waals surface area contributed by atoms with Crippen LogP contribution in [0.25, 0.3) is 0 Å². The highest BCUT2D eigenvalue weighted by atomic mass is 16.1. The molecule has 1 aromatic rings. The minimum atomic E-state index is 0.248. The Bertz CT molecular complexity index is 280. The van der Waals surface area contributed by atoms with Gasteiger partial charge in [-0.1, -0.05) is 13.3 Å². The highest BCUT2D eigenvalue weighted by molar-refractivity contribution is 5.80. The van der Waals surface area contributed by atoms with Crippen molar-refractivity contribution in [3.05, 3.63) is 12.2 Å². The van der Waals surface area contributed by atoms with Crippen molar-refractivity contribution in [1.29, 1.82) is 0 Å². The molecular weight excluding hydrogens is 166 g/mol. The fourth-order valence-corrected chi connectivity index (χ4v) is 1.12. The van der Waals surface area contributed by atoms with Crippen molar-refractivity contribution in [3.63, 3.8) is 0 Å². The quantitative estimate of drug-likeness (QED) is 0.683. The molecule has 0 N–H and O–H groups in total. The summed E-state index contributed by atoms with van der Waals surface area (Å²) in [6.45, 7) is 2.08. The van der Waals surface area contributed by atoms with Gasteiger partial charge in [0.2, 0.25) is 0 Å². The standard InChI is InChI=1S/C9H15N3O/c1-3-4-5-8(13)6-9-10-7-11-12(9)2/h7H,3-6H2,1-2H3. The molecule has 4 nitrogen and oxygen atoms in total. The first-order chi connectivity index (χ1) is 6.24. The summed E-state index contributed by atoms with van der Waals surface area (Å²) in [4.78, 5) is 15.3. The number of unbranched alkanes of at least 4 members (excludes halogenated alkanes) is 1. The van der Waals surface area contributed by atoms with Gasteiger partial charge >= 0.3 is 0 Å². The van der Waals surface area contributed by atoms with E-state index in [4.69, 9.17) is 0 Å². The molecule has 0 fully saturated rings. The number of aromatic nitrogens is 3. The van der Waals surface area contributed by atoms with Crippen LogP contribution in [0.4, 0.5) is 0 Å². The van der Waals surface area contributed by atoms with Crippen LogP contribution in [0.5, 0.6) is 0 Å². The fourth-order valence-electron chi connectivity index (χ4n) is 1.12. The van der Waals surface area contributed by atoms with Crippen molar-refractivity contribution >= 4 is 5.78 Å². The molecule has 0 radical (unpaired) electrons. The maximum atomic E-state index is 11.3. The van der Waals surface area contributed by atoms with Gasteiger partial charge in [0.15, 0.2) is 0 Å². The zero-order valence-electron chi connectivity index (χ0n) is 8.16. The maximum Gasteiger partial charge on any atom is 0.140 e. The Balaban J connectivity index is 2.41. The Labute approximate surface area is 78.0 Å². The van der Waals surface area contributed by atoms with Gasteiger partial charge in [0.25, 0.3) is 0 Å². The predicted octanol–water partition coefficient (Wildman–Crippen LogP) is 1.12. The average Bonchev–Trinajstić information content (AvgIpc) is 2.48. The van der Waals surface area contributed by atoms with E-state index in [1.54, 1.807) is 11.7 Å². The van der Waals surface area contributed by atoms with E-state index in [0.717, 1.165) is 18.7 Å². The molecule has 1 heterocycles. The molecule has 0 aliphatic heterocycles. The molecule has 72 valence electrons. The molecule has 0 atom stereocenters. The van der Waals surface area contributed by atoms with Gasteiger partial charge in [-0.25, -0.2) is 4.98 Å². The monoisotopic (exact) mass is 181 g/mol. The van der Waals surface area contributed by atoms with Gasteiger partial charge in [-0.15, -0.1) is 0 Å². The van der Waals surface area contributed by atoms with E-state index in [2.05, 4.69) is 17.0 Å². The van der Waals surface area contributed by atoms with Crippen molar-refractivity contribution < 1.29 is 4.79 Å². The molecule has 0 unspecified atom stereocenters. The first-order valence-electron chi connectivity index (χ1n) is 4.58. The van der Waals surface area contributed by atoms with Gasteiger partial charge in [-0.05, 0) is 6.42 Å². The molecule has 0 saturated carbocycles. The molecule has 0 bridgehead atoms. The molecule has 1 rings (SSSR count). The minimum absolute atomic E-state index is 0.248. The lowest BCUT2D eigenvalue weighted by Gasteiger charge is -1.98. The summed E-state index contributed by atoms with van der Waals surface area (Å²) in [5.41, 5.74) is 0. The largest absolute Gasteiger partial charge is 0.299 e. The number of aryl methyl sites for hydroxylation is 1. The number of carbonyl (C=O) groups excluding carboxylic acids is 1. The predicted molar refractivity (Wildman–Crippen MR) is 49.2 cm³/mol. The summed E-state index contributed by atoms with van der Waals surface area (Å²) < 4.78 is 1.64. The van der Waals surface area contributed by atoms with E-state index in [1.807, 2.05) is 0 Å². The lowest BCUT2D eigenvalue weighted by Crippen LogP contribution is -2.08. The SMILES string of the molecule is CCCCC(=O)Cc1ncnn1C. The van der Waals surface area contributed by atoms with Crippen molar-refractivity contribution in [1.82, 2.24) is 14.8 Å². The molecule has 1 aromatic heterocycles. The first-order valence-corrected chi connectivity index (χ1v) is 4.58. The summed E-state index contributed by atoms with van der Waals surface area (Å²) in [6.07, 6.45) is 4.57. The van der Waals surface area contributed by atoms with E-state index in [-0.39, 0.29) is 5.78 Å². The normalized spacial score (nSPS) is 10.3. The van der Waals surface area contributed by atoms with E-state index in [9.17, 15) is 4.79 Å². The Morgan fingerprint density at radius 2 is 2.38 bits per heavy atom. The van der Waals surface area contributed by atoms with Gasteiger partial charge in [0.1, 0.15) is 17.9 Å². The summed E-state index contributed by atoms with van der Waals surface area (Å²) >= 11 is 0. The van der Waals surface area contributed by atoms with Crippen LogP contribution in [0.3, 0.4) is 0 Å². The second-order valence-corrected chi connectivity index (χ2v) is 3.12. The second-order valence-electron chi connectivity index (χ2n) is 3.12. The van der Waals surface area contributed by atoms with Gasteiger partial charge in [-0.2, -0.15) is 5.10 Å². The van der Waals surface area contributed by atoms with Crippen LogP contribution in [0.1, 0.15) is 32.0 Å². The van der Waals surface area contributed by atoms with Crippen LogP contribution < -0.4 is 0 Å². The topological polar surface area (TPSA) is 47.8 Å². The lowest BCUT2D eigenvalue weighted by molar-refractivity contribution is -0.118. The minimum Gasteiger partial charge on any atom is -0.299 e. The van der Waals surface area contributed by atoms with E-state index in [0.29, 0.717) is 12.8 Å². The van der Waals surface area contributed by atoms with Gasteiger partial charge < -0.3 is 0 Å². The number of rotatable bonds is 5. The van der Waals surface area contributed by atoms with Crippen molar-refractivity contribution in [2.75, 3.05) is 0 Å². The van der Waals surface area contributed by atoms with E-state index >= 15 is 0 Å². The number of nitrogens with zero attached hydrogens (tertiary/aromatic N) is 3. The summed E-state index contributed by atoms with van der Waals surface area (Å²) in [5.74, 6) is 0.999. The van der Waals surface area contributed by atoms with Gasteiger partial charge in [-0.3, -0.25) is 9.48 Å². The Hall–Kier alpha value is -1.19. The maximum absolute atomic E-state index is 11.3. The molecule has 0 aliphatic rings. The third kappa shape index (κ3) is 2.97. The van der Waals surface area contributed by atoms with E-state index in [1.165, 1.54) is 6.33 Å². The Morgan fingerprint density at radius 1 is 1.62 bits per heavy atom. The number of Topliss-reactive ketones (excluding diaryl/α,β-unsaturated/α-hetero) is 1. The lowest BCUT2D eigenvalue weighted by atomic mass is 10.1. The number of hydrogen-bond donors (Lipinski definition) is 0. The molecular formula is C9H15N3O. The van der Waals surface area contributed by atoms with Crippen LogP contribution in [-0.2, 0) is 18.3 Å². The van der Waals surface area contributed by atoms with E-state index < -0.39 is 0 Å². The molecule has 0 aliphatic carbocycles. The fraction of sp³-hybridized carbons (Fsp3) is 0.667. The summed E-state index contributed by atoms with van der Waals surface area (Å²) in [7, 11) is 1.80. The van der Waals surface area contributed by atoms with Gasteiger partial charge in [0, 0.05) is 13.5 Å². The second kappa shape index (κ2) is 4.74. The van der Waals surface area contributed by atoms with Crippen LogP contribution in [-0.4, -0.2) is 20.5 Å². The van der Waals surface area contributed by atoms with Crippen molar-refractivity contribution in [3.8, 4) is 0 Å². The zero-order valence-corrected chi connectivity index (χ0v) is 8.16. The molecule has 0 spiro atoms. The van der Waals surface area contributed by atoms with Crippen LogP contribution >= 0.6 is 0 Å². The highest BCUT2D eigenvalue weighted by Crippen LogP contribution is 2.00. The number of carbonyl (C=O) groups is 1. The average molecular weight is 181 g/mol. The molecule has 13 heavy (non-hydrogen) atoms. The third-order valence-electron chi connectivity index (χ3n) is 1.97. The molecule has 4 heteroatoms. The number of hydrogen-bond acceptors (Lipinski definition) is 3. The van der Waals surface area contributed by atoms with Crippen molar-refractivity contribution in [2.45, 2.75) is 32.6 Å². The van der Waals surface area contributed by atoms with Gasteiger partial charge in [0.05, 0.1) is 6.42 Å². The molecule has 0 aromatic carbocycles. The van der Waals surface area contributed by atoms with Crippen molar-refractivity contribution in [2.24, 2.45) is 7.05 Å². The molecule has 0 saturated heterocycles. The van der Waals surface area contributed by atoms with Crippen LogP contribution in [0, 0.1) is 0 Å². The summed E-state index contributed by atoms with van der Waals surface area (Å²) in [6, 6.07) is 0. The smallest absolute Gasteiger partial charge is 0.140 e. The summed E-state index contributed by atoms with van der Waals surface area (Å²) in [5, 5.41) is 3.90. The number of ketones is 1.